The van der Waals surface area contributed by atoms with Gasteiger partial charge < -0.3 is 14.8 Å². The molecule has 0 radical (unpaired) electrons. The first kappa shape index (κ1) is 13.8. The fourth-order valence-corrected chi connectivity index (χ4v) is 1.97. The van der Waals surface area contributed by atoms with Crippen molar-refractivity contribution in [1.82, 2.24) is 5.32 Å². The number of alkyl carbamates (subject to hydrolysis) is 1. The summed E-state index contributed by atoms with van der Waals surface area (Å²) in [5.74, 6) is -0.293. The van der Waals surface area contributed by atoms with Gasteiger partial charge in [0.05, 0.1) is 13.0 Å². The number of nitrogens with one attached hydrogen (secondary N) is 1. The third-order valence-corrected chi connectivity index (χ3v) is 2.69. The molecular formula is C12H21NO4. The molecule has 0 aromatic carbocycles. The van der Waals surface area contributed by atoms with Gasteiger partial charge in [-0.15, -0.1) is 0 Å². The van der Waals surface area contributed by atoms with Crippen molar-refractivity contribution in [3.05, 3.63) is 0 Å². The molecule has 17 heavy (non-hydrogen) atoms. The lowest BCUT2D eigenvalue weighted by atomic mass is 10.1. The number of hydrogen-bond acceptors (Lipinski definition) is 4. The second-order valence-corrected chi connectivity index (χ2v) is 5.38. The Morgan fingerprint density at radius 1 is 1.24 bits per heavy atom. The van der Waals surface area contributed by atoms with Gasteiger partial charge in [-0.1, -0.05) is 0 Å². The fraction of sp³-hybridized carbons (Fsp3) is 0.833. The van der Waals surface area contributed by atoms with Crippen LogP contribution in [0.3, 0.4) is 0 Å². The molecular weight excluding hydrogens is 222 g/mol. The SMILES string of the molecule is COC(=O)C1CC[C@@H](NC(=O)OC(C)(C)C)C1. The van der Waals surface area contributed by atoms with Crippen LogP contribution in [0.5, 0.6) is 0 Å². The summed E-state index contributed by atoms with van der Waals surface area (Å²) < 4.78 is 9.84. The number of carbonyl (C=O) groups is 2. The van der Waals surface area contributed by atoms with Crippen molar-refractivity contribution in [2.24, 2.45) is 5.92 Å². The van der Waals surface area contributed by atoms with Crippen LogP contribution in [0.15, 0.2) is 0 Å². The molecule has 0 bridgehead atoms. The van der Waals surface area contributed by atoms with Crippen LogP contribution in [0.4, 0.5) is 4.79 Å². The minimum absolute atomic E-state index is 0.00829. The van der Waals surface area contributed by atoms with Gasteiger partial charge >= 0.3 is 12.1 Å². The molecule has 0 spiro atoms. The summed E-state index contributed by atoms with van der Waals surface area (Å²) in [6.07, 6.45) is 1.76. The number of methoxy groups -OCH3 is 1. The van der Waals surface area contributed by atoms with Crippen molar-refractivity contribution in [1.29, 1.82) is 0 Å². The largest absolute Gasteiger partial charge is 0.469 e. The number of rotatable bonds is 2. The third-order valence-electron chi connectivity index (χ3n) is 2.69. The molecule has 1 aliphatic rings. The van der Waals surface area contributed by atoms with Crippen LogP contribution in [0.2, 0.25) is 0 Å². The number of amides is 1. The summed E-state index contributed by atoms with van der Waals surface area (Å²) >= 11 is 0. The monoisotopic (exact) mass is 243 g/mol. The maximum absolute atomic E-state index is 11.5. The van der Waals surface area contributed by atoms with Gasteiger partial charge in [0, 0.05) is 6.04 Å². The Morgan fingerprint density at radius 3 is 2.41 bits per heavy atom. The minimum Gasteiger partial charge on any atom is -0.469 e. The van der Waals surface area contributed by atoms with Crippen LogP contribution < -0.4 is 5.32 Å². The average molecular weight is 243 g/mol. The summed E-state index contributed by atoms with van der Waals surface area (Å²) in [6, 6.07) is 0.00829. The van der Waals surface area contributed by atoms with E-state index in [0.29, 0.717) is 6.42 Å². The van der Waals surface area contributed by atoms with Gasteiger partial charge in [-0.3, -0.25) is 4.79 Å². The normalized spacial score (nSPS) is 24.2. The zero-order valence-corrected chi connectivity index (χ0v) is 10.9. The molecule has 0 aromatic rings. The molecule has 1 amide bonds. The van der Waals surface area contributed by atoms with Crippen LogP contribution in [0.25, 0.3) is 0 Å². The number of ether oxygens (including phenoxy) is 2. The Kier molecular flexibility index (Phi) is 4.37. The molecule has 1 N–H and O–H groups in total. The van der Waals surface area contributed by atoms with Crippen molar-refractivity contribution < 1.29 is 19.1 Å². The Morgan fingerprint density at radius 2 is 1.88 bits per heavy atom. The quantitative estimate of drug-likeness (QED) is 0.752. The van der Waals surface area contributed by atoms with Crippen molar-refractivity contribution in [3.63, 3.8) is 0 Å². The van der Waals surface area contributed by atoms with Gasteiger partial charge in [-0.2, -0.15) is 0 Å². The predicted octanol–water partition coefficient (Wildman–Crippen LogP) is 1.85. The molecule has 1 unspecified atom stereocenters. The van der Waals surface area contributed by atoms with E-state index in [4.69, 9.17) is 4.74 Å². The van der Waals surface area contributed by atoms with Gasteiger partial charge in [0.15, 0.2) is 0 Å². The summed E-state index contributed by atoms with van der Waals surface area (Å²) in [7, 11) is 1.39. The summed E-state index contributed by atoms with van der Waals surface area (Å²) in [5, 5.41) is 2.78. The van der Waals surface area contributed by atoms with E-state index in [9.17, 15) is 9.59 Å². The Labute approximate surface area is 102 Å². The molecule has 0 saturated heterocycles. The van der Waals surface area contributed by atoms with Gasteiger partial charge in [0.1, 0.15) is 5.60 Å². The molecule has 1 saturated carbocycles. The molecule has 98 valence electrons. The van der Waals surface area contributed by atoms with Crippen LogP contribution in [-0.2, 0) is 14.3 Å². The van der Waals surface area contributed by atoms with Crippen LogP contribution in [0.1, 0.15) is 40.0 Å². The summed E-state index contributed by atoms with van der Waals surface area (Å²) in [6.45, 7) is 5.45. The highest BCUT2D eigenvalue weighted by Gasteiger charge is 2.32. The minimum atomic E-state index is -0.496. The van der Waals surface area contributed by atoms with Crippen LogP contribution in [-0.4, -0.2) is 30.8 Å². The van der Waals surface area contributed by atoms with E-state index in [1.165, 1.54) is 7.11 Å². The lowest BCUT2D eigenvalue weighted by Gasteiger charge is -2.21. The molecule has 1 fully saturated rings. The van der Waals surface area contributed by atoms with Gasteiger partial charge in [0.25, 0.3) is 0 Å². The zero-order valence-electron chi connectivity index (χ0n) is 10.9. The van der Waals surface area contributed by atoms with Gasteiger partial charge in [-0.25, -0.2) is 4.79 Å². The maximum Gasteiger partial charge on any atom is 0.407 e. The smallest absolute Gasteiger partial charge is 0.407 e. The van der Waals surface area contributed by atoms with Crippen LogP contribution >= 0.6 is 0 Å². The molecule has 5 heteroatoms. The second-order valence-electron chi connectivity index (χ2n) is 5.38. The standard InChI is InChI=1S/C12H21NO4/c1-12(2,3)17-11(15)13-9-6-5-8(7-9)10(14)16-4/h8-9H,5-7H2,1-4H3,(H,13,15)/t8?,9-/m1/s1. The molecule has 0 aliphatic heterocycles. The van der Waals surface area contributed by atoms with Gasteiger partial charge in [-0.05, 0) is 40.0 Å². The molecule has 0 heterocycles. The Balaban J connectivity index is 2.35. The number of hydrogen-bond donors (Lipinski definition) is 1. The molecule has 1 rings (SSSR count). The first-order valence-electron chi connectivity index (χ1n) is 5.89. The number of esters is 1. The number of carbonyl (C=O) groups excluding carboxylic acids is 2. The topological polar surface area (TPSA) is 64.6 Å². The maximum atomic E-state index is 11.5. The molecule has 1 aliphatic carbocycles. The van der Waals surface area contributed by atoms with Gasteiger partial charge in [0.2, 0.25) is 0 Å². The van der Waals surface area contributed by atoms with E-state index >= 15 is 0 Å². The third kappa shape index (κ3) is 4.63. The van der Waals surface area contributed by atoms with Crippen LogP contribution in [0, 0.1) is 5.92 Å². The first-order valence-corrected chi connectivity index (χ1v) is 5.89. The van der Waals surface area contributed by atoms with Crippen molar-refractivity contribution in [3.8, 4) is 0 Å². The second kappa shape index (κ2) is 5.38. The van der Waals surface area contributed by atoms with Crippen molar-refractivity contribution >= 4 is 12.1 Å². The summed E-state index contributed by atoms with van der Waals surface area (Å²) in [5.41, 5.74) is -0.496. The van der Waals surface area contributed by atoms with E-state index in [1.807, 2.05) is 20.8 Å². The lowest BCUT2D eigenvalue weighted by molar-refractivity contribution is -0.145. The molecule has 5 nitrogen and oxygen atoms in total. The van der Waals surface area contributed by atoms with Crippen molar-refractivity contribution in [2.45, 2.75) is 51.7 Å². The predicted molar refractivity (Wildman–Crippen MR) is 62.5 cm³/mol. The van der Waals surface area contributed by atoms with Crippen molar-refractivity contribution in [2.75, 3.05) is 7.11 Å². The highest BCUT2D eigenvalue weighted by molar-refractivity contribution is 5.73. The van der Waals surface area contributed by atoms with E-state index in [1.54, 1.807) is 0 Å². The highest BCUT2D eigenvalue weighted by Crippen LogP contribution is 2.26. The van der Waals surface area contributed by atoms with E-state index in [2.05, 4.69) is 10.1 Å². The molecule has 2 atom stereocenters. The van der Waals surface area contributed by atoms with E-state index in [-0.39, 0.29) is 17.9 Å². The Hall–Kier alpha value is -1.26. The van der Waals surface area contributed by atoms with E-state index in [0.717, 1.165) is 12.8 Å². The molecule has 0 aromatic heterocycles. The average Bonchev–Trinajstić information content (AvgIpc) is 2.62. The lowest BCUT2D eigenvalue weighted by Crippen LogP contribution is -2.38. The highest BCUT2D eigenvalue weighted by atomic mass is 16.6. The fourth-order valence-electron chi connectivity index (χ4n) is 1.97. The summed E-state index contributed by atoms with van der Waals surface area (Å²) in [4.78, 5) is 22.8. The van der Waals surface area contributed by atoms with E-state index < -0.39 is 11.7 Å². The Bertz CT molecular complexity index is 295. The first-order chi connectivity index (χ1) is 7.81. The zero-order chi connectivity index (χ0) is 13.1.